The van der Waals surface area contributed by atoms with Gasteiger partial charge in [0.1, 0.15) is 11.9 Å². The molecule has 4 nitrogen and oxygen atoms in total. The molecule has 0 radical (unpaired) electrons. The van der Waals surface area contributed by atoms with E-state index in [0.717, 1.165) is 44.3 Å². The third kappa shape index (κ3) is 4.74. The SMILES string of the molecule is C1=CC2Oc3c(-c4ccccc4)cccc3C2C(c2ccc(-c3nc(-c4ccccc4)nc(-c4ccccc4)n3)c3ccccc23)=C1. The van der Waals surface area contributed by atoms with Crippen LogP contribution in [0.2, 0.25) is 0 Å². The van der Waals surface area contributed by atoms with E-state index in [1.54, 1.807) is 0 Å². The standard InChI is InChI=1S/C43H29N3O/c1-4-14-28(15-5-1)31-22-12-24-37-39-35(23-13-25-38(39)47-40(31)37)34-26-27-36(33-21-11-10-20-32(33)34)43-45-41(29-16-6-2-7-17-29)44-42(46-43)30-18-8-3-9-19-30/h1-27,38-39H. The Kier molecular flexibility index (Phi) is 6.57. The lowest BCUT2D eigenvalue weighted by Gasteiger charge is -2.24. The first-order valence-corrected chi connectivity index (χ1v) is 15.9. The lowest BCUT2D eigenvalue weighted by atomic mass is 9.79. The van der Waals surface area contributed by atoms with Crippen molar-refractivity contribution in [3.63, 3.8) is 0 Å². The fourth-order valence-electron chi connectivity index (χ4n) is 6.96. The van der Waals surface area contributed by atoms with Gasteiger partial charge in [0.15, 0.2) is 17.5 Å². The first kappa shape index (κ1) is 27.2. The third-order valence-electron chi connectivity index (χ3n) is 9.13. The summed E-state index contributed by atoms with van der Waals surface area (Å²) >= 11 is 0. The van der Waals surface area contributed by atoms with Gasteiger partial charge in [-0.15, -0.1) is 0 Å². The van der Waals surface area contributed by atoms with E-state index in [1.165, 1.54) is 16.7 Å². The Morgan fingerprint density at radius 1 is 0.447 bits per heavy atom. The average Bonchev–Trinajstić information content (AvgIpc) is 3.55. The lowest BCUT2D eigenvalue weighted by molar-refractivity contribution is 0.272. The van der Waals surface area contributed by atoms with E-state index in [0.29, 0.717) is 17.5 Å². The van der Waals surface area contributed by atoms with E-state index in [-0.39, 0.29) is 12.0 Å². The second-order valence-corrected chi connectivity index (χ2v) is 11.9. The van der Waals surface area contributed by atoms with Crippen molar-refractivity contribution in [1.29, 1.82) is 0 Å². The zero-order chi connectivity index (χ0) is 31.2. The Balaban J connectivity index is 1.19. The van der Waals surface area contributed by atoms with E-state index in [4.69, 9.17) is 19.7 Å². The number of hydrogen-bond donors (Lipinski definition) is 0. The van der Waals surface area contributed by atoms with Gasteiger partial charge in [0.25, 0.3) is 0 Å². The minimum Gasteiger partial charge on any atom is -0.484 e. The number of nitrogens with zero attached hydrogens (tertiary/aromatic N) is 3. The molecule has 1 aromatic heterocycles. The Bertz CT molecular complexity index is 2270. The quantitative estimate of drug-likeness (QED) is 0.196. The van der Waals surface area contributed by atoms with Crippen LogP contribution in [0.15, 0.2) is 164 Å². The van der Waals surface area contributed by atoms with Crippen molar-refractivity contribution in [2.75, 3.05) is 0 Å². The molecule has 0 fully saturated rings. The molecule has 2 heterocycles. The van der Waals surface area contributed by atoms with Gasteiger partial charge in [-0.1, -0.05) is 152 Å². The zero-order valence-corrected chi connectivity index (χ0v) is 25.5. The number of aromatic nitrogens is 3. The Hall–Kier alpha value is -6.13. The number of allylic oxidation sites excluding steroid dienone is 2. The molecule has 0 spiro atoms. The highest BCUT2D eigenvalue weighted by Crippen LogP contribution is 2.52. The summed E-state index contributed by atoms with van der Waals surface area (Å²) in [6.45, 7) is 0. The van der Waals surface area contributed by atoms with Gasteiger partial charge < -0.3 is 4.74 Å². The van der Waals surface area contributed by atoms with Crippen LogP contribution in [-0.4, -0.2) is 21.1 Å². The number of benzene rings is 6. The molecule has 0 bridgehead atoms. The highest BCUT2D eigenvalue weighted by atomic mass is 16.5. The first-order valence-electron chi connectivity index (χ1n) is 15.9. The largest absolute Gasteiger partial charge is 0.484 e. The Morgan fingerprint density at radius 3 is 1.66 bits per heavy atom. The lowest BCUT2D eigenvalue weighted by Crippen LogP contribution is -2.19. The number of rotatable bonds is 5. The first-order chi connectivity index (χ1) is 23.3. The second-order valence-electron chi connectivity index (χ2n) is 11.9. The van der Waals surface area contributed by atoms with Crippen LogP contribution in [0.1, 0.15) is 17.0 Å². The molecule has 7 aromatic rings. The van der Waals surface area contributed by atoms with E-state index in [2.05, 4.69) is 97.1 Å². The van der Waals surface area contributed by atoms with Crippen LogP contribution in [0, 0.1) is 0 Å². The van der Waals surface area contributed by atoms with Gasteiger partial charge in [-0.2, -0.15) is 0 Å². The summed E-state index contributed by atoms with van der Waals surface area (Å²) in [7, 11) is 0. The molecule has 6 aromatic carbocycles. The Labute approximate surface area is 273 Å². The molecule has 0 N–H and O–H groups in total. The van der Waals surface area contributed by atoms with Crippen molar-refractivity contribution in [1.82, 2.24) is 15.0 Å². The summed E-state index contributed by atoms with van der Waals surface area (Å²) in [5.74, 6) is 3.01. The molecule has 0 saturated heterocycles. The van der Waals surface area contributed by atoms with Gasteiger partial charge in [0.2, 0.25) is 0 Å². The maximum absolute atomic E-state index is 6.71. The predicted octanol–water partition coefficient (Wildman–Crippen LogP) is 10.2. The van der Waals surface area contributed by atoms with Crippen LogP contribution in [0.3, 0.4) is 0 Å². The topological polar surface area (TPSA) is 47.9 Å². The van der Waals surface area contributed by atoms with Crippen LogP contribution < -0.4 is 4.74 Å². The molecular weight excluding hydrogens is 574 g/mol. The van der Waals surface area contributed by atoms with Crippen LogP contribution >= 0.6 is 0 Å². The molecule has 2 unspecified atom stereocenters. The zero-order valence-electron chi connectivity index (χ0n) is 25.5. The monoisotopic (exact) mass is 603 g/mol. The van der Waals surface area contributed by atoms with Crippen LogP contribution in [0.4, 0.5) is 0 Å². The maximum atomic E-state index is 6.71. The molecule has 4 heteroatoms. The minimum atomic E-state index is -0.0707. The van der Waals surface area contributed by atoms with Crippen molar-refractivity contribution in [3.05, 3.63) is 175 Å². The van der Waals surface area contributed by atoms with Gasteiger partial charge in [-0.05, 0) is 39.6 Å². The number of para-hydroxylation sites is 1. The Morgan fingerprint density at radius 2 is 1.00 bits per heavy atom. The van der Waals surface area contributed by atoms with E-state index < -0.39 is 0 Å². The normalized spacial score (nSPS) is 16.3. The van der Waals surface area contributed by atoms with Gasteiger partial charge in [0, 0.05) is 27.8 Å². The van der Waals surface area contributed by atoms with Crippen LogP contribution in [0.25, 0.3) is 61.6 Å². The molecule has 0 saturated carbocycles. The highest BCUT2D eigenvalue weighted by molar-refractivity contribution is 6.03. The molecule has 2 atom stereocenters. The molecule has 0 amide bonds. The van der Waals surface area contributed by atoms with Gasteiger partial charge >= 0.3 is 0 Å². The maximum Gasteiger partial charge on any atom is 0.164 e. The molecule has 2 aliphatic rings. The van der Waals surface area contributed by atoms with Crippen molar-refractivity contribution in [2.45, 2.75) is 12.0 Å². The summed E-state index contributed by atoms with van der Waals surface area (Å²) in [6, 6.07) is 50.2. The van der Waals surface area contributed by atoms with Crippen molar-refractivity contribution >= 4 is 16.3 Å². The van der Waals surface area contributed by atoms with E-state index in [9.17, 15) is 0 Å². The smallest absolute Gasteiger partial charge is 0.164 e. The number of fused-ring (bicyclic) bond motifs is 4. The molecule has 222 valence electrons. The summed E-state index contributed by atoms with van der Waals surface area (Å²) in [5.41, 5.74) is 8.82. The van der Waals surface area contributed by atoms with Crippen LogP contribution in [0.5, 0.6) is 5.75 Å². The summed E-state index contributed by atoms with van der Waals surface area (Å²) in [5, 5.41) is 2.25. The number of ether oxygens (including phenoxy) is 1. The van der Waals surface area contributed by atoms with Crippen molar-refractivity contribution in [3.8, 4) is 51.0 Å². The molecule has 47 heavy (non-hydrogen) atoms. The van der Waals surface area contributed by atoms with E-state index in [1.807, 2.05) is 66.7 Å². The van der Waals surface area contributed by atoms with Crippen molar-refractivity contribution < 1.29 is 4.74 Å². The fraction of sp³-hybridized carbons (Fsp3) is 0.0465. The van der Waals surface area contributed by atoms with E-state index >= 15 is 0 Å². The second kappa shape index (κ2) is 11.3. The summed E-state index contributed by atoms with van der Waals surface area (Å²) < 4.78 is 6.71. The number of hydrogen-bond acceptors (Lipinski definition) is 4. The average molecular weight is 604 g/mol. The molecule has 1 aliphatic heterocycles. The minimum absolute atomic E-state index is 0.0707. The fourth-order valence-corrected chi connectivity index (χ4v) is 6.96. The summed E-state index contributed by atoms with van der Waals surface area (Å²) in [4.78, 5) is 15.0. The van der Waals surface area contributed by atoms with Gasteiger partial charge in [-0.3, -0.25) is 0 Å². The third-order valence-corrected chi connectivity index (χ3v) is 9.13. The summed E-state index contributed by atoms with van der Waals surface area (Å²) in [6.07, 6.45) is 6.50. The molecular formula is C43H29N3O. The van der Waals surface area contributed by atoms with Crippen molar-refractivity contribution in [2.24, 2.45) is 0 Å². The predicted molar refractivity (Wildman–Crippen MR) is 190 cm³/mol. The van der Waals surface area contributed by atoms with Gasteiger partial charge in [-0.25, -0.2) is 15.0 Å². The van der Waals surface area contributed by atoms with Crippen LogP contribution in [-0.2, 0) is 0 Å². The van der Waals surface area contributed by atoms with Gasteiger partial charge in [0.05, 0.1) is 5.92 Å². The highest BCUT2D eigenvalue weighted by Gasteiger charge is 2.39. The molecule has 9 rings (SSSR count). The molecule has 1 aliphatic carbocycles.